The zero-order valence-corrected chi connectivity index (χ0v) is 10.0. The Morgan fingerprint density at radius 3 is 2.56 bits per heavy atom. The zero-order valence-electron chi connectivity index (χ0n) is 9.28. The van der Waals surface area contributed by atoms with Crippen molar-refractivity contribution >= 4 is 11.6 Å². The van der Waals surface area contributed by atoms with Crippen LogP contribution in [-0.4, -0.2) is 4.98 Å². The minimum Gasteiger partial charge on any atom is -0.261 e. The van der Waals surface area contributed by atoms with Crippen molar-refractivity contribution in [3.05, 3.63) is 64.4 Å². The molecule has 0 saturated heterocycles. The van der Waals surface area contributed by atoms with Gasteiger partial charge in [-0.1, -0.05) is 42.8 Å². The third-order valence-electron chi connectivity index (χ3n) is 2.62. The average Bonchev–Trinajstić information content (AvgIpc) is 2.33. The van der Waals surface area contributed by atoms with E-state index in [1.54, 1.807) is 0 Å². The van der Waals surface area contributed by atoms with Gasteiger partial charge in [-0.25, -0.2) is 0 Å². The number of rotatable bonds is 3. The molecule has 1 nitrogen and oxygen atoms in total. The molecule has 82 valence electrons. The van der Waals surface area contributed by atoms with E-state index in [-0.39, 0.29) is 0 Å². The first-order chi connectivity index (χ1) is 7.79. The highest BCUT2D eigenvalue weighted by Gasteiger charge is 2.01. The summed E-state index contributed by atoms with van der Waals surface area (Å²) in [7, 11) is 0. The number of benzene rings is 1. The van der Waals surface area contributed by atoms with Crippen molar-refractivity contribution in [1.82, 2.24) is 4.98 Å². The van der Waals surface area contributed by atoms with Gasteiger partial charge in [-0.3, -0.25) is 4.98 Å². The van der Waals surface area contributed by atoms with Gasteiger partial charge >= 0.3 is 0 Å². The molecular weight excluding hydrogens is 218 g/mol. The highest BCUT2D eigenvalue weighted by molar-refractivity contribution is 6.31. The summed E-state index contributed by atoms with van der Waals surface area (Å²) in [6, 6.07) is 12.1. The van der Waals surface area contributed by atoms with Crippen molar-refractivity contribution in [2.75, 3.05) is 0 Å². The maximum Gasteiger partial charge on any atom is 0.0448 e. The molecule has 2 rings (SSSR count). The molecule has 2 heteroatoms. The molecular formula is C14H14ClN. The number of aryl methyl sites for hydroxylation is 1. The van der Waals surface area contributed by atoms with Crippen LogP contribution in [0.2, 0.25) is 5.02 Å². The van der Waals surface area contributed by atoms with Gasteiger partial charge < -0.3 is 0 Å². The van der Waals surface area contributed by atoms with Crippen LogP contribution in [0.3, 0.4) is 0 Å². The Morgan fingerprint density at radius 2 is 1.94 bits per heavy atom. The van der Waals surface area contributed by atoms with Crippen LogP contribution < -0.4 is 0 Å². The standard InChI is InChI=1S/C14H14ClN/c1-2-11-7-8-13(16-10-11)9-12-5-3-4-6-14(12)15/h3-8,10H,2,9H2,1H3. The van der Waals surface area contributed by atoms with Crippen molar-refractivity contribution in [2.45, 2.75) is 19.8 Å². The molecule has 0 aliphatic carbocycles. The smallest absolute Gasteiger partial charge is 0.0448 e. The Bertz CT molecular complexity index is 462. The van der Waals surface area contributed by atoms with E-state index >= 15 is 0 Å². The predicted molar refractivity (Wildman–Crippen MR) is 67.9 cm³/mol. The fourth-order valence-electron chi connectivity index (χ4n) is 1.61. The van der Waals surface area contributed by atoms with Crippen LogP contribution in [0.15, 0.2) is 42.6 Å². The molecule has 16 heavy (non-hydrogen) atoms. The monoisotopic (exact) mass is 231 g/mol. The molecule has 0 unspecified atom stereocenters. The molecule has 1 aromatic heterocycles. The summed E-state index contributed by atoms with van der Waals surface area (Å²) in [4.78, 5) is 4.43. The summed E-state index contributed by atoms with van der Waals surface area (Å²) in [5.41, 5.74) is 3.45. The normalized spacial score (nSPS) is 10.4. The topological polar surface area (TPSA) is 12.9 Å². The molecule has 0 aliphatic heterocycles. The van der Waals surface area contributed by atoms with E-state index in [2.05, 4.69) is 24.0 Å². The summed E-state index contributed by atoms with van der Waals surface area (Å²) >= 11 is 6.10. The summed E-state index contributed by atoms with van der Waals surface area (Å²) in [6.07, 6.45) is 3.76. The molecule has 0 saturated carbocycles. The van der Waals surface area contributed by atoms with Crippen molar-refractivity contribution in [3.63, 3.8) is 0 Å². The molecule has 1 heterocycles. The third-order valence-corrected chi connectivity index (χ3v) is 2.99. The van der Waals surface area contributed by atoms with E-state index < -0.39 is 0 Å². The van der Waals surface area contributed by atoms with Gasteiger partial charge in [-0.05, 0) is 29.7 Å². The molecule has 0 aliphatic rings. The minimum absolute atomic E-state index is 0.795. The van der Waals surface area contributed by atoms with E-state index in [1.165, 1.54) is 5.56 Å². The van der Waals surface area contributed by atoms with E-state index in [9.17, 15) is 0 Å². The van der Waals surface area contributed by atoms with Gasteiger partial charge in [0.15, 0.2) is 0 Å². The Hall–Kier alpha value is -1.34. The number of aromatic nitrogens is 1. The average molecular weight is 232 g/mol. The van der Waals surface area contributed by atoms with Gasteiger partial charge in [0, 0.05) is 23.3 Å². The number of halogens is 1. The minimum atomic E-state index is 0.795. The van der Waals surface area contributed by atoms with Crippen molar-refractivity contribution in [2.24, 2.45) is 0 Å². The lowest BCUT2D eigenvalue weighted by molar-refractivity contribution is 1.03. The Kier molecular flexibility index (Phi) is 3.58. The molecule has 0 radical (unpaired) electrons. The van der Waals surface area contributed by atoms with Crippen molar-refractivity contribution in [1.29, 1.82) is 0 Å². The van der Waals surface area contributed by atoms with Gasteiger partial charge in [0.25, 0.3) is 0 Å². The Morgan fingerprint density at radius 1 is 1.12 bits per heavy atom. The van der Waals surface area contributed by atoms with E-state index in [4.69, 9.17) is 11.6 Å². The highest BCUT2D eigenvalue weighted by atomic mass is 35.5. The number of hydrogen-bond donors (Lipinski definition) is 0. The van der Waals surface area contributed by atoms with Crippen LogP contribution in [0.5, 0.6) is 0 Å². The second-order valence-electron chi connectivity index (χ2n) is 3.78. The summed E-state index contributed by atoms with van der Waals surface area (Å²) in [6.45, 7) is 2.13. The molecule has 2 aromatic rings. The SMILES string of the molecule is CCc1ccc(Cc2ccccc2Cl)nc1. The largest absolute Gasteiger partial charge is 0.261 e. The Labute approximate surface area is 101 Å². The first-order valence-electron chi connectivity index (χ1n) is 5.47. The molecule has 0 bridgehead atoms. The van der Waals surface area contributed by atoms with Gasteiger partial charge in [-0.15, -0.1) is 0 Å². The fourth-order valence-corrected chi connectivity index (χ4v) is 1.81. The highest BCUT2D eigenvalue weighted by Crippen LogP contribution is 2.18. The lowest BCUT2D eigenvalue weighted by atomic mass is 10.1. The van der Waals surface area contributed by atoms with Crippen LogP contribution >= 0.6 is 11.6 Å². The van der Waals surface area contributed by atoms with Gasteiger partial charge in [-0.2, -0.15) is 0 Å². The second kappa shape index (κ2) is 5.13. The quantitative estimate of drug-likeness (QED) is 0.781. The summed E-state index contributed by atoms with van der Waals surface area (Å²) in [5.74, 6) is 0. The van der Waals surface area contributed by atoms with Crippen LogP contribution in [0.1, 0.15) is 23.7 Å². The van der Waals surface area contributed by atoms with E-state index in [1.807, 2.05) is 30.5 Å². The van der Waals surface area contributed by atoms with Crippen molar-refractivity contribution in [3.8, 4) is 0 Å². The van der Waals surface area contributed by atoms with Crippen molar-refractivity contribution < 1.29 is 0 Å². The maximum absolute atomic E-state index is 6.10. The van der Waals surface area contributed by atoms with Gasteiger partial charge in [0.1, 0.15) is 0 Å². The zero-order chi connectivity index (χ0) is 11.4. The Balaban J connectivity index is 2.18. The first-order valence-corrected chi connectivity index (χ1v) is 5.84. The van der Waals surface area contributed by atoms with E-state index in [0.717, 1.165) is 29.1 Å². The maximum atomic E-state index is 6.10. The van der Waals surface area contributed by atoms with E-state index in [0.29, 0.717) is 0 Å². The first kappa shape index (κ1) is 11.2. The molecule has 0 N–H and O–H groups in total. The second-order valence-corrected chi connectivity index (χ2v) is 4.19. The van der Waals surface area contributed by atoms with Gasteiger partial charge in [0.05, 0.1) is 0 Å². The fraction of sp³-hybridized carbons (Fsp3) is 0.214. The lowest BCUT2D eigenvalue weighted by Crippen LogP contribution is -1.93. The van der Waals surface area contributed by atoms with Gasteiger partial charge in [0.2, 0.25) is 0 Å². The van der Waals surface area contributed by atoms with Crippen LogP contribution in [-0.2, 0) is 12.8 Å². The number of pyridine rings is 1. The molecule has 0 atom stereocenters. The summed E-state index contributed by atoms with van der Waals surface area (Å²) < 4.78 is 0. The third kappa shape index (κ3) is 2.61. The van der Waals surface area contributed by atoms with Crippen LogP contribution in [0, 0.1) is 0 Å². The van der Waals surface area contributed by atoms with Crippen LogP contribution in [0.4, 0.5) is 0 Å². The predicted octanol–water partition coefficient (Wildman–Crippen LogP) is 3.89. The number of nitrogens with zero attached hydrogens (tertiary/aromatic N) is 1. The lowest BCUT2D eigenvalue weighted by Gasteiger charge is -2.04. The molecule has 0 amide bonds. The molecule has 1 aromatic carbocycles. The molecule has 0 fully saturated rings. The molecule has 0 spiro atoms. The van der Waals surface area contributed by atoms with Crippen LogP contribution in [0.25, 0.3) is 0 Å². The summed E-state index contributed by atoms with van der Waals surface area (Å²) in [5, 5.41) is 0.809. The number of hydrogen-bond acceptors (Lipinski definition) is 1.